The zero-order valence-corrected chi connectivity index (χ0v) is 12.6. The second-order valence-corrected chi connectivity index (χ2v) is 5.07. The summed E-state index contributed by atoms with van der Waals surface area (Å²) in [6.07, 6.45) is 7.21. The van der Waals surface area contributed by atoms with Crippen molar-refractivity contribution in [2.75, 3.05) is 7.11 Å². The van der Waals surface area contributed by atoms with Gasteiger partial charge < -0.3 is 9.40 Å². The third-order valence-electron chi connectivity index (χ3n) is 2.84. The first-order valence-electron chi connectivity index (χ1n) is 6.22. The van der Waals surface area contributed by atoms with Gasteiger partial charge in [-0.15, -0.1) is 0 Å². The Morgan fingerprint density at radius 1 is 1.35 bits per heavy atom. The minimum atomic E-state index is 0.516. The summed E-state index contributed by atoms with van der Waals surface area (Å²) in [6.45, 7) is 0.879. The Balaban J connectivity index is 2.03. The van der Waals surface area contributed by atoms with Gasteiger partial charge >= 0.3 is 0 Å². The van der Waals surface area contributed by atoms with Crippen LogP contribution in [0.25, 0.3) is 0 Å². The Hall–Kier alpha value is -1.52. The normalized spacial score (nSPS) is 11.7. The van der Waals surface area contributed by atoms with Gasteiger partial charge in [0.1, 0.15) is 7.11 Å². The molecule has 0 radical (unpaired) electrons. The van der Waals surface area contributed by atoms with Crippen LogP contribution in [0.15, 0.2) is 42.1 Å². The summed E-state index contributed by atoms with van der Waals surface area (Å²) >= 11 is 12.0. The van der Waals surface area contributed by atoms with E-state index in [9.17, 15) is 0 Å². The number of oxime groups is 1. The minimum Gasteiger partial charge on any atom is -0.399 e. The van der Waals surface area contributed by atoms with Crippen LogP contribution in [0, 0.1) is 0 Å². The summed E-state index contributed by atoms with van der Waals surface area (Å²) in [5.41, 5.74) is 1.78. The Kier molecular flexibility index (Phi) is 5.44. The second-order valence-electron chi connectivity index (χ2n) is 4.25. The van der Waals surface area contributed by atoms with Crippen molar-refractivity contribution in [3.05, 3.63) is 52.5 Å². The van der Waals surface area contributed by atoms with Crippen LogP contribution in [-0.4, -0.2) is 22.4 Å². The van der Waals surface area contributed by atoms with Crippen LogP contribution in [0.5, 0.6) is 0 Å². The molecule has 0 bridgehead atoms. The maximum Gasteiger partial charge on any atom is 0.106 e. The van der Waals surface area contributed by atoms with E-state index in [1.165, 1.54) is 7.11 Å². The molecule has 2 rings (SSSR count). The number of aromatic nitrogens is 2. The highest BCUT2D eigenvalue weighted by atomic mass is 35.5. The standard InChI is InChI=1S/C14H15Cl2N3O/c1-20-18-14(3-2-7-19-8-6-17-10-19)11-4-5-12(15)13(16)9-11/h4-6,8-10H,2-3,7H2,1H3/b18-14-. The van der Waals surface area contributed by atoms with Crippen LogP contribution in [0.3, 0.4) is 0 Å². The molecule has 0 saturated carbocycles. The van der Waals surface area contributed by atoms with E-state index in [0.717, 1.165) is 30.7 Å². The van der Waals surface area contributed by atoms with Gasteiger partial charge in [-0.1, -0.05) is 34.4 Å². The highest BCUT2D eigenvalue weighted by Crippen LogP contribution is 2.23. The molecule has 0 aliphatic heterocycles. The molecule has 0 fully saturated rings. The average Bonchev–Trinajstić information content (AvgIpc) is 2.94. The highest BCUT2D eigenvalue weighted by molar-refractivity contribution is 6.42. The fraction of sp³-hybridized carbons (Fsp3) is 0.286. The summed E-state index contributed by atoms with van der Waals surface area (Å²) < 4.78 is 2.03. The van der Waals surface area contributed by atoms with E-state index in [0.29, 0.717) is 10.0 Å². The molecule has 0 spiro atoms. The topological polar surface area (TPSA) is 39.4 Å². The molecule has 106 valence electrons. The van der Waals surface area contributed by atoms with Gasteiger partial charge in [-0.2, -0.15) is 0 Å². The average molecular weight is 312 g/mol. The fourth-order valence-electron chi connectivity index (χ4n) is 1.88. The van der Waals surface area contributed by atoms with Crippen LogP contribution in [0.2, 0.25) is 10.0 Å². The minimum absolute atomic E-state index is 0.516. The first-order chi connectivity index (χ1) is 9.70. The third kappa shape index (κ3) is 3.99. The monoisotopic (exact) mass is 311 g/mol. The number of hydrogen-bond donors (Lipinski definition) is 0. The van der Waals surface area contributed by atoms with Gasteiger partial charge in [0.05, 0.1) is 22.1 Å². The summed E-state index contributed by atoms with van der Waals surface area (Å²) in [7, 11) is 1.54. The van der Waals surface area contributed by atoms with Crippen LogP contribution in [0.4, 0.5) is 0 Å². The summed E-state index contributed by atoms with van der Waals surface area (Å²) in [5.74, 6) is 0. The van der Waals surface area contributed by atoms with Gasteiger partial charge in [-0.3, -0.25) is 0 Å². The van der Waals surface area contributed by atoms with Crippen LogP contribution < -0.4 is 0 Å². The second kappa shape index (κ2) is 7.31. The molecule has 0 N–H and O–H groups in total. The number of benzene rings is 1. The molecular weight excluding hydrogens is 297 g/mol. The molecule has 1 aromatic carbocycles. The van der Waals surface area contributed by atoms with Gasteiger partial charge in [0.15, 0.2) is 0 Å². The summed E-state index contributed by atoms with van der Waals surface area (Å²) in [5, 5.41) is 5.12. The Morgan fingerprint density at radius 3 is 2.85 bits per heavy atom. The molecule has 2 aromatic rings. The van der Waals surface area contributed by atoms with Crippen molar-refractivity contribution in [2.24, 2.45) is 5.16 Å². The van der Waals surface area contributed by atoms with E-state index in [1.807, 2.05) is 16.8 Å². The number of imidazole rings is 1. The van der Waals surface area contributed by atoms with Crippen molar-refractivity contribution in [3.8, 4) is 0 Å². The maximum atomic E-state index is 6.03. The molecule has 20 heavy (non-hydrogen) atoms. The van der Waals surface area contributed by atoms with Crippen molar-refractivity contribution in [1.29, 1.82) is 0 Å². The van der Waals surface area contributed by atoms with Gasteiger partial charge in [0, 0.05) is 24.5 Å². The molecule has 0 unspecified atom stereocenters. The molecule has 6 heteroatoms. The first kappa shape index (κ1) is 14.9. The molecule has 4 nitrogen and oxygen atoms in total. The lowest BCUT2D eigenvalue weighted by Crippen LogP contribution is -2.04. The van der Waals surface area contributed by atoms with E-state index in [-0.39, 0.29) is 0 Å². The number of aryl methyl sites for hydroxylation is 1. The predicted molar refractivity (Wildman–Crippen MR) is 81.5 cm³/mol. The van der Waals surface area contributed by atoms with Crippen molar-refractivity contribution in [1.82, 2.24) is 9.55 Å². The quantitative estimate of drug-likeness (QED) is 0.597. The van der Waals surface area contributed by atoms with E-state index >= 15 is 0 Å². The Morgan fingerprint density at radius 2 is 2.20 bits per heavy atom. The molecular formula is C14H15Cl2N3O. The van der Waals surface area contributed by atoms with E-state index < -0.39 is 0 Å². The van der Waals surface area contributed by atoms with E-state index in [4.69, 9.17) is 28.0 Å². The number of halogens is 2. The fourth-order valence-corrected chi connectivity index (χ4v) is 2.17. The molecule has 0 aliphatic carbocycles. The van der Waals surface area contributed by atoms with E-state index in [2.05, 4.69) is 10.1 Å². The van der Waals surface area contributed by atoms with Crippen LogP contribution in [0.1, 0.15) is 18.4 Å². The largest absolute Gasteiger partial charge is 0.399 e. The SMILES string of the molecule is CO/N=C(/CCCn1ccnc1)c1ccc(Cl)c(Cl)c1. The summed E-state index contributed by atoms with van der Waals surface area (Å²) in [6, 6.07) is 5.46. The molecule has 0 saturated heterocycles. The van der Waals surface area contributed by atoms with Gasteiger partial charge in [-0.25, -0.2) is 4.98 Å². The van der Waals surface area contributed by atoms with Crippen LogP contribution in [-0.2, 0) is 11.4 Å². The van der Waals surface area contributed by atoms with Crippen molar-refractivity contribution >= 4 is 28.9 Å². The number of nitrogens with zero attached hydrogens (tertiary/aromatic N) is 3. The summed E-state index contributed by atoms with van der Waals surface area (Å²) in [4.78, 5) is 8.92. The smallest absolute Gasteiger partial charge is 0.106 e. The Bertz CT molecular complexity index is 582. The zero-order chi connectivity index (χ0) is 14.4. The predicted octanol–water partition coefficient (Wildman–Crippen LogP) is 4.02. The maximum absolute atomic E-state index is 6.03. The molecule has 0 atom stereocenters. The lowest BCUT2D eigenvalue weighted by Gasteiger charge is -2.08. The lowest BCUT2D eigenvalue weighted by molar-refractivity contribution is 0.212. The number of hydrogen-bond acceptors (Lipinski definition) is 3. The van der Waals surface area contributed by atoms with Gasteiger partial charge in [-0.05, 0) is 25.0 Å². The lowest BCUT2D eigenvalue weighted by atomic mass is 10.1. The van der Waals surface area contributed by atoms with Crippen molar-refractivity contribution < 1.29 is 4.84 Å². The van der Waals surface area contributed by atoms with Crippen molar-refractivity contribution in [3.63, 3.8) is 0 Å². The zero-order valence-electron chi connectivity index (χ0n) is 11.1. The van der Waals surface area contributed by atoms with Crippen molar-refractivity contribution in [2.45, 2.75) is 19.4 Å². The molecule has 1 heterocycles. The van der Waals surface area contributed by atoms with E-state index in [1.54, 1.807) is 24.7 Å². The molecule has 0 aliphatic rings. The molecule has 1 aromatic heterocycles. The highest BCUT2D eigenvalue weighted by Gasteiger charge is 2.07. The number of rotatable bonds is 6. The Labute approximate surface area is 128 Å². The third-order valence-corrected chi connectivity index (χ3v) is 3.58. The van der Waals surface area contributed by atoms with Crippen LogP contribution >= 0.6 is 23.2 Å². The molecule has 0 amide bonds. The van der Waals surface area contributed by atoms with Gasteiger partial charge in [0.2, 0.25) is 0 Å². The first-order valence-corrected chi connectivity index (χ1v) is 6.97. The van der Waals surface area contributed by atoms with Gasteiger partial charge in [0.25, 0.3) is 0 Å².